The molecule has 0 spiro atoms. The van der Waals surface area contributed by atoms with Crippen LogP contribution in [0, 0.1) is 5.92 Å². The van der Waals surface area contributed by atoms with Gasteiger partial charge in [-0.25, -0.2) is 9.78 Å². The highest BCUT2D eigenvalue weighted by molar-refractivity contribution is 6.16. The van der Waals surface area contributed by atoms with Crippen molar-refractivity contribution >= 4 is 17.8 Å². The van der Waals surface area contributed by atoms with Gasteiger partial charge in [0.15, 0.2) is 0 Å². The first-order valence-electron chi connectivity index (χ1n) is 6.75. The van der Waals surface area contributed by atoms with Crippen molar-refractivity contribution in [3.05, 3.63) is 18.7 Å². The fourth-order valence-corrected chi connectivity index (χ4v) is 2.25. The van der Waals surface area contributed by atoms with Crippen molar-refractivity contribution in [2.75, 3.05) is 6.54 Å². The Morgan fingerprint density at radius 1 is 1.30 bits per heavy atom. The predicted octanol–water partition coefficient (Wildman–Crippen LogP) is 0.768. The molecule has 108 valence electrons. The summed E-state index contributed by atoms with van der Waals surface area (Å²) in [4.78, 5) is 40.5. The van der Waals surface area contributed by atoms with Crippen molar-refractivity contribution in [2.24, 2.45) is 5.92 Å². The predicted molar refractivity (Wildman–Crippen MR) is 70.5 cm³/mol. The summed E-state index contributed by atoms with van der Waals surface area (Å²) in [6, 6.07) is -0.613. The molecule has 1 N–H and O–H groups in total. The van der Waals surface area contributed by atoms with Gasteiger partial charge in [-0.1, -0.05) is 13.3 Å². The largest absolute Gasteiger partial charge is 0.337 e. The monoisotopic (exact) mass is 278 g/mol. The standard InChI is InChI=1S/C13H18N4O3/c1-2-4-10-11(18)15-13(20)17(12(10)19)7-3-6-16-8-5-14-9-16/h5,8-10H,2-4,6-7H2,1H3,(H,15,18,20). The fourth-order valence-electron chi connectivity index (χ4n) is 2.25. The van der Waals surface area contributed by atoms with Gasteiger partial charge in [0.1, 0.15) is 5.92 Å². The maximum Gasteiger partial charge on any atom is 0.330 e. The van der Waals surface area contributed by atoms with Crippen LogP contribution >= 0.6 is 0 Å². The second kappa shape index (κ2) is 6.31. The molecule has 7 heteroatoms. The Labute approximate surface area is 117 Å². The topological polar surface area (TPSA) is 84.3 Å². The number of barbiturate groups is 1. The molecule has 0 radical (unpaired) electrons. The molecule has 1 aliphatic rings. The Morgan fingerprint density at radius 3 is 2.75 bits per heavy atom. The highest BCUT2D eigenvalue weighted by Gasteiger charge is 2.39. The molecule has 2 heterocycles. The lowest BCUT2D eigenvalue weighted by Crippen LogP contribution is -2.58. The number of rotatable bonds is 6. The van der Waals surface area contributed by atoms with Gasteiger partial charge in [0.05, 0.1) is 6.33 Å². The van der Waals surface area contributed by atoms with E-state index in [4.69, 9.17) is 0 Å². The summed E-state index contributed by atoms with van der Waals surface area (Å²) in [5.41, 5.74) is 0. The van der Waals surface area contributed by atoms with E-state index in [-0.39, 0.29) is 5.91 Å². The number of imidazole rings is 1. The maximum absolute atomic E-state index is 12.2. The minimum Gasteiger partial charge on any atom is -0.337 e. The van der Waals surface area contributed by atoms with Crippen LogP contribution in [-0.2, 0) is 16.1 Å². The van der Waals surface area contributed by atoms with Crippen LogP contribution in [-0.4, -0.2) is 38.8 Å². The molecule has 1 saturated heterocycles. The van der Waals surface area contributed by atoms with Crippen LogP contribution in [0.2, 0.25) is 0 Å². The van der Waals surface area contributed by atoms with Crippen LogP contribution in [0.1, 0.15) is 26.2 Å². The minimum absolute atomic E-state index is 0.302. The molecule has 2 rings (SSSR count). The van der Waals surface area contributed by atoms with E-state index in [1.54, 1.807) is 12.5 Å². The number of aryl methyl sites for hydroxylation is 1. The molecule has 1 aromatic heterocycles. The van der Waals surface area contributed by atoms with Crippen molar-refractivity contribution in [2.45, 2.75) is 32.7 Å². The first-order valence-corrected chi connectivity index (χ1v) is 6.75. The van der Waals surface area contributed by atoms with E-state index in [2.05, 4.69) is 10.3 Å². The van der Waals surface area contributed by atoms with E-state index in [9.17, 15) is 14.4 Å². The Hall–Kier alpha value is -2.18. The van der Waals surface area contributed by atoms with Crippen molar-refractivity contribution in [1.29, 1.82) is 0 Å². The molecule has 0 aliphatic carbocycles. The van der Waals surface area contributed by atoms with Gasteiger partial charge in [-0.2, -0.15) is 0 Å². The third kappa shape index (κ3) is 3.04. The molecule has 1 fully saturated rings. The minimum atomic E-state index is -0.731. The summed E-state index contributed by atoms with van der Waals surface area (Å²) in [6.45, 7) is 2.88. The van der Waals surface area contributed by atoms with E-state index in [1.165, 1.54) is 0 Å². The van der Waals surface area contributed by atoms with E-state index in [0.717, 1.165) is 11.3 Å². The number of urea groups is 1. The second-order valence-corrected chi connectivity index (χ2v) is 4.78. The quantitative estimate of drug-likeness (QED) is 0.779. The number of hydrogen-bond donors (Lipinski definition) is 1. The smallest absolute Gasteiger partial charge is 0.330 e. The first-order chi connectivity index (χ1) is 9.63. The number of nitrogens with one attached hydrogen (secondary N) is 1. The zero-order valence-corrected chi connectivity index (χ0v) is 11.4. The Kier molecular flexibility index (Phi) is 4.49. The maximum atomic E-state index is 12.2. The molecular formula is C13H18N4O3. The molecule has 1 unspecified atom stereocenters. The summed E-state index contributed by atoms with van der Waals surface area (Å²) < 4.78 is 1.88. The molecule has 1 atom stereocenters. The lowest BCUT2D eigenvalue weighted by molar-refractivity contribution is -0.142. The normalized spacial score (nSPS) is 19.4. The fraction of sp³-hybridized carbons (Fsp3) is 0.538. The number of hydrogen-bond acceptors (Lipinski definition) is 4. The lowest BCUT2D eigenvalue weighted by Gasteiger charge is -2.30. The summed E-state index contributed by atoms with van der Waals surface area (Å²) in [5.74, 6) is -1.59. The molecule has 0 bridgehead atoms. The van der Waals surface area contributed by atoms with Crippen LogP contribution in [0.15, 0.2) is 18.7 Å². The third-order valence-electron chi connectivity index (χ3n) is 3.29. The van der Waals surface area contributed by atoms with Crippen molar-refractivity contribution in [1.82, 2.24) is 19.8 Å². The Morgan fingerprint density at radius 2 is 2.10 bits per heavy atom. The van der Waals surface area contributed by atoms with E-state index < -0.39 is 17.9 Å². The molecule has 1 aromatic rings. The number of nitrogens with zero attached hydrogens (tertiary/aromatic N) is 3. The Balaban J connectivity index is 1.93. The van der Waals surface area contributed by atoms with Gasteiger partial charge in [0.2, 0.25) is 11.8 Å². The number of imide groups is 2. The lowest BCUT2D eigenvalue weighted by atomic mass is 9.99. The average molecular weight is 278 g/mol. The summed E-state index contributed by atoms with van der Waals surface area (Å²) >= 11 is 0. The summed E-state index contributed by atoms with van der Waals surface area (Å²) in [7, 11) is 0. The molecule has 20 heavy (non-hydrogen) atoms. The van der Waals surface area contributed by atoms with Gasteiger partial charge in [-0.3, -0.25) is 19.8 Å². The van der Waals surface area contributed by atoms with Crippen molar-refractivity contribution in [3.63, 3.8) is 0 Å². The van der Waals surface area contributed by atoms with E-state index in [1.807, 2.05) is 17.7 Å². The highest BCUT2D eigenvalue weighted by atomic mass is 16.2. The summed E-state index contributed by atoms with van der Waals surface area (Å²) in [6.07, 6.45) is 7.00. The van der Waals surface area contributed by atoms with Gasteiger partial charge < -0.3 is 4.57 Å². The first kappa shape index (κ1) is 14.2. The molecule has 0 aromatic carbocycles. The van der Waals surface area contributed by atoms with Gasteiger partial charge in [-0.15, -0.1) is 0 Å². The number of carbonyl (C=O) groups excluding carboxylic acids is 3. The van der Waals surface area contributed by atoms with Gasteiger partial charge in [-0.05, 0) is 12.8 Å². The number of carbonyl (C=O) groups is 3. The van der Waals surface area contributed by atoms with Crippen LogP contribution in [0.3, 0.4) is 0 Å². The third-order valence-corrected chi connectivity index (χ3v) is 3.29. The zero-order valence-electron chi connectivity index (χ0n) is 11.4. The SMILES string of the molecule is CCCC1C(=O)NC(=O)N(CCCn2ccnc2)C1=O. The van der Waals surface area contributed by atoms with Crippen LogP contribution < -0.4 is 5.32 Å². The van der Waals surface area contributed by atoms with Gasteiger partial charge in [0, 0.05) is 25.5 Å². The molecule has 0 saturated carbocycles. The number of amides is 4. The van der Waals surface area contributed by atoms with Crippen LogP contribution in [0.25, 0.3) is 0 Å². The van der Waals surface area contributed by atoms with Gasteiger partial charge in [0.25, 0.3) is 0 Å². The molecule has 1 aliphatic heterocycles. The molecular weight excluding hydrogens is 260 g/mol. The molecule has 4 amide bonds. The molecule has 7 nitrogen and oxygen atoms in total. The van der Waals surface area contributed by atoms with Crippen molar-refractivity contribution in [3.8, 4) is 0 Å². The van der Waals surface area contributed by atoms with E-state index >= 15 is 0 Å². The average Bonchev–Trinajstić information content (AvgIpc) is 2.91. The highest BCUT2D eigenvalue weighted by Crippen LogP contribution is 2.16. The van der Waals surface area contributed by atoms with Gasteiger partial charge >= 0.3 is 6.03 Å². The van der Waals surface area contributed by atoms with E-state index in [0.29, 0.717) is 25.9 Å². The second-order valence-electron chi connectivity index (χ2n) is 4.78. The number of aromatic nitrogens is 2. The van der Waals surface area contributed by atoms with Crippen LogP contribution in [0.5, 0.6) is 0 Å². The van der Waals surface area contributed by atoms with Crippen LogP contribution in [0.4, 0.5) is 4.79 Å². The summed E-state index contributed by atoms with van der Waals surface area (Å²) in [5, 5.41) is 2.25. The van der Waals surface area contributed by atoms with Crippen molar-refractivity contribution < 1.29 is 14.4 Å². The Bertz CT molecular complexity index is 498. The zero-order chi connectivity index (χ0) is 14.5.